The third-order valence-electron chi connectivity index (χ3n) is 5.80. The second-order valence-corrected chi connectivity index (χ2v) is 8.53. The zero-order valence-corrected chi connectivity index (χ0v) is 19.9. The van der Waals surface area contributed by atoms with Crippen LogP contribution in [0.5, 0.6) is 5.75 Å². The van der Waals surface area contributed by atoms with Crippen LogP contribution in [0.3, 0.4) is 0 Å². The molecular weight excluding hydrogens is 396 g/mol. The number of aryl methyl sites for hydroxylation is 1. The maximum atomic E-state index is 12.9. The van der Waals surface area contributed by atoms with Crippen molar-refractivity contribution >= 4 is 11.6 Å². The summed E-state index contributed by atoms with van der Waals surface area (Å²) in [5, 5.41) is 3.06. The largest absolute Gasteiger partial charge is 0.493 e. The van der Waals surface area contributed by atoms with Gasteiger partial charge in [0.1, 0.15) is 5.75 Å². The Hall–Kier alpha value is -2.33. The van der Waals surface area contributed by atoms with Crippen molar-refractivity contribution in [2.24, 2.45) is 5.73 Å². The summed E-state index contributed by atoms with van der Waals surface area (Å²) in [5.74, 6) is 0.518. The van der Waals surface area contributed by atoms with Gasteiger partial charge in [0.15, 0.2) is 0 Å². The predicted octanol–water partition coefficient (Wildman–Crippen LogP) is 7.13. The summed E-state index contributed by atoms with van der Waals surface area (Å²) in [6.45, 7) is 3.54. The van der Waals surface area contributed by atoms with Crippen molar-refractivity contribution in [1.29, 1.82) is 0 Å². The Balaban J connectivity index is 1.75. The van der Waals surface area contributed by atoms with E-state index in [1.54, 1.807) is 0 Å². The van der Waals surface area contributed by atoms with E-state index in [2.05, 4.69) is 12.2 Å². The van der Waals surface area contributed by atoms with Gasteiger partial charge in [0.25, 0.3) is 5.91 Å². The topological polar surface area (TPSA) is 64.3 Å². The van der Waals surface area contributed by atoms with E-state index in [0.717, 1.165) is 30.5 Å². The average Bonchev–Trinajstić information content (AvgIpc) is 2.82. The van der Waals surface area contributed by atoms with Crippen LogP contribution in [-0.4, -0.2) is 19.1 Å². The summed E-state index contributed by atoms with van der Waals surface area (Å²) in [7, 11) is 0. The molecule has 0 saturated carbocycles. The van der Waals surface area contributed by atoms with Crippen LogP contribution in [0, 0.1) is 0 Å². The highest BCUT2D eigenvalue weighted by Crippen LogP contribution is 2.22. The fraction of sp³-hybridized carbons (Fsp3) is 0.536. The smallest absolute Gasteiger partial charge is 0.259 e. The van der Waals surface area contributed by atoms with Gasteiger partial charge in [-0.1, -0.05) is 95.0 Å². The van der Waals surface area contributed by atoms with Gasteiger partial charge in [0.05, 0.1) is 12.2 Å². The molecule has 176 valence electrons. The van der Waals surface area contributed by atoms with Gasteiger partial charge in [-0.2, -0.15) is 0 Å². The second-order valence-electron chi connectivity index (χ2n) is 8.53. The van der Waals surface area contributed by atoms with Gasteiger partial charge >= 0.3 is 0 Å². The van der Waals surface area contributed by atoms with Gasteiger partial charge in [-0.25, -0.2) is 0 Å². The van der Waals surface area contributed by atoms with Gasteiger partial charge in [-0.15, -0.1) is 0 Å². The molecule has 1 amide bonds. The van der Waals surface area contributed by atoms with Gasteiger partial charge < -0.3 is 15.8 Å². The van der Waals surface area contributed by atoms with Crippen molar-refractivity contribution in [2.75, 3.05) is 18.5 Å². The standard InChI is InChI=1S/C28H42N2O2/c1-2-3-4-5-6-7-8-9-10-15-23-32-27-21-14-12-19-25(27)28(31)30-26-20-13-11-17-24(26)18-16-22-29/h11-14,17,19-21H,2-10,15-16,18,22-23,29H2,1H3,(H,30,31). The third kappa shape index (κ3) is 9.86. The molecule has 2 aromatic rings. The molecular formula is C28H42N2O2. The summed E-state index contributed by atoms with van der Waals surface area (Å²) in [4.78, 5) is 12.9. The fourth-order valence-electron chi connectivity index (χ4n) is 3.89. The van der Waals surface area contributed by atoms with Crippen LogP contribution < -0.4 is 15.8 Å². The average molecular weight is 439 g/mol. The summed E-state index contributed by atoms with van der Waals surface area (Å²) in [5.41, 5.74) is 8.18. The Morgan fingerprint density at radius 2 is 1.44 bits per heavy atom. The second kappa shape index (κ2) is 16.3. The highest BCUT2D eigenvalue weighted by atomic mass is 16.5. The molecule has 3 N–H and O–H groups in total. The molecule has 0 aliphatic rings. The van der Waals surface area contributed by atoms with E-state index >= 15 is 0 Å². The number of para-hydroxylation sites is 2. The molecule has 0 heterocycles. The molecule has 0 fully saturated rings. The zero-order chi connectivity index (χ0) is 22.9. The number of benzene rings is 2. The lowest BCUT2D eigenvalue weighted by Crippen LogP contribution is -2.15. The first kappa shape index (κ1) is 25.9. The van der Waals surface area contributed by atoms with E-state index in [1.807, 2.05) is 48.5 Å². The number of hydrogen-bond donors (Lipinski definition) is 2. The van der Waals surface area contributed by atoms with E-state index < -0.39 is 0 Å². The fourth-order valence-corrected chi connectivity index (χ4v) is 3.89. The van der Waals surface area contributed by atoms with Crippen LogP contribution in [0.15, 0.2) is 48.5 Å². The van der Waals surface area contributed by atoms with Crippen molar-refractivity contribution < 1.29 is 9.53 Å². The van der Waals surface area contributed by atoms with E-state index in [0.29, 0.717) is 24.5 Å². The van der Waals surface area contributed by atoms with Gasteiger partial charge in [0, 0.05) is 5.69 Å². The van der Waals surface area contributed by atoms with Gasteiger partial charge in [0.2, 0.25) is 0 Å². The monoisotopic (exact) mass is 438 g/mol. The number of hydrogen-bond acceptors (Lipinski definition) is 3. The highest BCUT2D eigenvalue weighted by molar-refractivity contribution is 6.06. The summed E-state index contributed by atoms with van der Waals surface area (Å²) >= 11 is 0. The number of ether oxygens (including phenoxy) is 1. The van der Waals surface area contributed by atoms with E-state index in [4.69, 9.17) is 10.5 Å². The van der Waals surface area contributed by atoms with E-state index in [9.17, 15) is 4.79 Å². The minimum Gasteiger partial charge on any atom is -0.493 e. The first-order valence-electron chi connectivity index (χ1n) is 12.6. The Labute approximate surface area is 194 Å². The van der Waals surface area contributed by atoms with Crippen LogP contribution in [0.2, 0.25) is 0 Å². The molecule has 0 spiro atoms. The van der Waals surface area contributed by atoms with Crippen LogP contribution in [0.1, 0.15) is 93.5 Å². The maximum Gasteiger partial charge on any atom is 0.259 e. The number of nitrogens with one attached hydrogen (secondary N) is 1. The number of rotatable bonds is 17. The molecule has 0 unspecified atom stereocenters. The van der Waals surface area contributed by atoms with Crippen molar-refractivity contribution in [2.45, 2.75) is 84.0 Å². The Bertz CT molecular complexity index is 776. The van der Waals surface area contributed by atoms with Gasteiger partial charge in [-0.05, 0) is 49.6 Å². The Kier molecular flexibility index (Phi) is 13.2. The first-order valence-corrected chi connectivity index (χ1v) is 12.6. The number of anilines is 1. The highest BCUT2D eigenvalue weighted by Gasteiger charge is 2.14. The molecule has 0 saturated heterocycles. The lowest BCUT2D eigenvalue weighted by molar-refractivity contribution is 0.102. The molecule has 0 bridgehead atoms. The summed E-state index contributed by atoms with van der Waals surface area (Å²) in [6.07, 6.45) is 14.7. The number of amides is 1. The number of carbonyl (C=O) groups is 1. The molecule has 4 heteroatoms. The zero-order valence-electron chi connectivity index (χ0n) is 19.9. The quantitative estimate of drug-likeness (QED) is 0.258. The molecule has 0 atom stereocenters. The molecule has 0 aromatic heterocycles. The van der Waals surface area contributed by atoms with Crippen LogP contribution in [-0.2, 0) is 6.42 Å². The minimum atomic E-state index is -0.135. The van der Waals surface area contributed by atoms with Crippen LogP contribution in [0.25, 0.3) is 0 Å². The molecule has 0 aliphatic heterocycles. The molecule has 2 rings (SSSR count). The van der Waals surface area contributed by atoms with Crippen molar-refractivity contribution in [1.82, 2.24) is 0 Å². The Morgan fingerprint density at radius 1 is 0.812 bits per heavy atom. The summed E-state index contributed by atoms with van der Waals surface area (Å²) < 4.78 is 5.99. The minimum absolute atomic E-state index is 0.135. The normalized spacial score (nSPS) is 10.8. The Morgan fingerprint density at radius 3 is 2.16 bits per heavy atom. The number of nitrogens with two attached hydrogens (primary N) is 1. The number of carbonyl (C=O) groups excluding carboxylic acids is 1. The molecule has 0 aliphatic carbocycles. The van der Waals surface area contributed by atoms with Crippen molar-refractivity contribution in [3.8, 4) is 5.75 Å². The molecule has 32 heavy (non-hydrogen) atoms. The third-order valence-corrected chi connectivity index (χ3v) is 5.80. The maximum absolute atomic E-state index is 12.9. The van der Waals surface area contributed by atoms with Crippen molar-refractivity contribution in [3.05, 3.63) is 59.7 Å². The van der Waals surface area contributed by atoms with Crippen molar-refractivity contribution in [3.63, 3.8) is 0 Å². The lowest BCUT2D eigenvalue weighted by atomic mass is 10.1. The SMILES string of the molecule is CCCCCCCCCCCCOc1ccccc1C(=O)Nc1ccccc1CCCN. The van der Waals surface area contributed by atoms with Gasteiger partial charge in [-0.3, -0.25) is 4.79 Å². The molecule has 4 nitrogen and oxygen atoms in total. The first-order chi connectivity index (χ1) is 15.8. The molecule has 0 radical (unpaired) electrons. The summed E-state index contributed by atoms with van der Waals surface area (Å²) in [6, 6.07) is 15.4. The van der Waals surface area contributed by atoms with E-state index in [-0.39, 0.29) is 5.91 Å². The predicted molar refractivity (Wildman–Crippen MR) is 136 cm³/mol. The lowest BCUT2D eigenvalue weighted by Gasteiger charge is -2.14. The number of unbranched alkanes of at least 4 members (excludes halogenated alkanes) is 9. The van der Waals surface area contributed by atoms with Crippen LogP contribution >= 0.6 is 0 Å². The van der Waals surface area contributed by atoms with E-state index in [1.165, 1.54) is 57.8 Å². The van der Waals surface area contributed by atoms with Crippen LogP contribution in [0.4, 0.5) is 5.69 Å². The molecule has 2 aromatic carbocycles.